The second-order valence-corrected chi connectivity index (χ2v) is 6.22. The third-order valence-electron chi connectivity index (χ3n) is 2.99. The van der Waals surface area contributed by atoms with Gasteiger partial charge in [-0.15, -0.1) is 5.10 Å². The number of nitrogens with zero attached hydrogens (tertiary/aromatic N) is 3. The number of thiazole rings is 1. The Balaban J connectivity index is 1.83. The van der Waals surface area contributed by atoms with Gasteiger partial charge in [-0.1, -0.05) is 22.7 Å². The molecule has 1 aromatic carbocycles. The summed E-state index contributed by atoms with van der Waals surface area (Å²) < 4.78 is 10.3. The molecule has 0 bridgehead atoms. The third kappa shape index (κ3) is 2.93. The van der Waals surface area contributed by atoms with E-state index in [0.29, 0.717) is 28.7 Å². The van der Waals surface area contributed by atoms with E-state index >= 15 is 0 Å². The van der Waals surface area contributed by atoms with Gasteiger partial charge in [0.15, 0.2) is 5.13 Å². The van der Waals surface area contributed by atoms with E-state index in [-0.39, 0.29) is 5.91 Å². The van der Waals surface area contributed by atoms with E-state index in [9.17, 15) is 4.79 Å². The Morgan fingerprint density at radius 3 is 3.00 bits per heavy atom. The molecular weight excluding hydrogens is 320 g/mol. The standard InChI is InChI=1S/C14H14N4O2S2/c1-3-9-12(22-18-17-9)13(19)16-14-15-10-6-5-8(20-4-2)7-11(10)21-14/h5-7H,3-4H2,1-2H3,(H,15,16,19). The minimum Gasteiger partial charge on any atom is -0.494 e. The van der Waals surface area contributed by atoms with Crippen molar-refractivity contribution in [2.45, 2.75) is 20.3 Å². The molecular formula is C14H14N4O2S2. The molecule has 1 N–H and O–H groups in total. The monoisotopic (exact) mass is 334 g/mol. The number of amides is 1. The minimum absolute atomic E-state index is 0.212. The van der Waals surface area contributed by atoms with Gasteiger partial charge in [-0.05, 0) is 43.1 Å². The summed E-state index contributed by atoms with van der Waals surface area (Å²) in [6.07, 6.45) is 0.677. The van der Waals surface area contributed by atoms with E-state index in [1.165, 1.54) is 11.3 Å². The van der Waals surface area contributed by atoms with Crippen LogP contribution in [0.4, 0.5) is 5.13 Å². The number of aryl methyl sites for hydroxylation is 1. The van der Waals surface area contributed by atoms with E-state index in [0.717, 1.165) is 27.5 Å². The first-order chi connectivity index (χ1) is 10.7. The molecule has 0 atom stereocenters. The van der Waals surface area contributed by atoms with Gasteiger partial charge in [-0.3, -0.25) is 10.1 Å². The van der Waals surface area contributed by atoms with E-state index in [2.05, 4.69) is 19.9 Å². The summed E-state index contributed by atoms with van der Waals surface area (Å²) in [5.74, 6) is 0.590. The van der Waals surface area contributed by atoms with Gasteiger partial charge in [-0.25, -0.2) is 4.98 Å². The molecule has 0 aliphatic heterocycles. The van der Waals surface area contributed by atoms with Crippen LogP contribution in [0.1, 0.15) is 29.2 Å². The molecule has 2 aromatic heterocycles. The molecule has 0 fully saturated rings. The Hall–Kier alpha value is -2.06. The fraction of sp³-hybridized carbons (Fsp3) is 0.286. The van der Waals surface area contributed by atoms with Gasteiger partial charge < -0.3 is 4.74 Å². The summed E-state index contributed by atoms with van der Waals surface area (Å²) in [6, 6.07) is 5.69. The largest absolute Gasteiger partial charge is 0.494 e. The molecule has 3 rings (SSSR count). The normalized spacial score (nSPS) is 10.8. The van der Waals surface area contributed by atoms with Crippen LogP contribution in [-0.4, -0.2) is 27.1 Å². The van der Waals surface area contributed by atoms with Crippen molar-refractivity contribution in [3.05, 3.63) is 28.8 Å². The van der Waals surface area contributed by atoms with Crippen molar-refractivity contribution in [1.82, 2.24) is 14.6 Å². The number of benzene rings is 1. The van der Waals surface area contributed by atoms with Crippen molar-refractivity contribution in [2.24, 2.45) is 0 Å². The lowest BCUT2D eigenvalue weighted by atomic mass is 10.3. The van der Waals surface area contributed by atoms with Gasteiger partial charge >= 0.3 is 0 Å². The van der Waals surface area contributed by atoms with E-state index in [1.807, 2.05) is 32.0 Å². The van der Waals surface area contributed by atoms with Crippen molar-refractivity contribution < 1.29 is 9.53 Å². The highest BCUT2D eigenvalue weighted by atomic mass is 32.1. The number of rotatable bonds is 5. The number of anilines is 1. The number of nitrogens with one attached hydrogen (secondary N) is 1. The zero-order chi connectivity index (χ0) is 15.5. The number of carbonyl (C=O) groups is 1. The third-order valence-corrected chi connectivity index (χ3v) is 4.69. The second-order valence-electron chi connectivity index (χ2n) is 4.44. The first-order valence-corrected chi connectivity index (χ1v) is 8.46. The molecule has 0 saturated heterocycles. The molecule has 3 aromatic rings. The first-order valence-electron chi connectivity index (χ1n) is 6.87. The molecule has 1 amide bonds. The Bertz CT molecular complexity index is 812. The maximum atomic E-state index is 12.3. The Labute approximate surface area is 135 Å². The number of hydrogen-bond acceptors (Lipinski definition) is 7. The van der Waals surface area contributed by atoms with Gasteiger partial charge in [0.25, 0.3) is 5.91 Å². The molecule has 2 heterocycles. The molecule has 114 valence electrons. The highest BCUT2D eigenvalue weighted by molar-refractivity contribution is 7.22. The summed E-state index contributed by atoms with van der Waals surface area (Å²) in [6.45, 7) is 4.50. The topological polar surface area (TPSA) is 77.0 Å². The number of carbonyl (C=O) groups excluding carboxylic acids is 1. The van der Waals surface area contributed by atoms with Crippen LogP contribution >= 0.6 is 22.9 Å². The van der Waals surface area contributed by atoms with Crippen LogP contribution in [-0.2, 0) is 6.42 Å². The summed E-state index contributed by atoms with van der Waals surface area (Å²) >= 11 is 2.52. The van der Waals surface area contributed by atoms with Gasteiger partial charge in [0.05, 0.1) is 22.5 Å². The van der Waals surface area contributed by atoms with Gasteiger partial charge in [-0.2, -0.15) is 0 Å². The van der Waals surface area contributed by atoms with Crippen LogP contribution in [0.15, 0.2) is 18.2 Å². The van der Waals surface area contributed by atoms with E-state index < -0.39 is 0 Å². The summed E-state index contributed by atoms with van der Waals surface area (Å²) in [4.78, 5) is 17.2. The number of fused-ring (bicyclic) bond motifs is 1. The lowest BCUT2D eigenvalue weighted by molar-refractivity contribution is 0.102. The zero-order valence-corrected chi connectivity index (χ0v) is 13.8. The quantitative estimate of drug-likeness (QED) is 0.774. The number of ether oxygens (including phenoxy) is 1. The average Bonchev–Trinajstić information content (AvgIpc) is 3.12. The van der Waals surface area contributed by atoms with Gasteiger partial charge in [0, 0.05) is 0 Å². The highest BCUT2D eigenvalue weighted by Crippen LogP contribution is 2.29. The van der Waals surface area contributed by atoms with Gasteiger partial charge in [0.2, 0.25) is 0 Å². The Morgan fingerprint density at radius 2 is 2.23 bits per heavy atom. The van der Waals surface area contributed by atoms with Gasteiger partial charge in [0.1, 0.15) is 10.6 Å². The van der Waals surface area contributed by atoms with Crippen LogP contribution in [0.2, 0.25) is 0 Å². The lowest BCUT2D eigenvalue weighted by Gasteiger charge is -2.00. The predicted molar refractivity (Wildman–Crippen MR) is 88.0 cm³/mol. The minimum atomic E-state index is -0.212. The van der Waals surface area contributed by atoms with Crippen LogP contribution < -0.4 is 10.1 Å². The van der Waals surface area contributed by atoms with Crippen molar-refractivity contribution in [1.29, 1.82) is 0 Å². The smallest absolute Gasteiger partial charge is 0.271 e. The number of hydrogen-bond donors (Lipinski definition) is 1. The molecule has 6 nitrogen and oxygen atoms in total. The Kier molecular flexibility index (Phi) is 4.30. The fourth-order valence-electron chi connectivity index (χ4n) is 1.98. The zero-order valence-electron chi connectivity index (χ0n) is 12.1. The molecule has 0 unspecified atom stereocenters. The van der Waals surface area contributed by atoms with Crippen LogP contribution in [0.25, 0.3) is 10.2 Å². The van der Waals surface area contributed by atoms with Crippen molar-refractivity contribution in [3.63, 3.8) is 0 Å². The van der Waals surface area contributed by atoms with Crippen LogP contribution in [0.3, 0.4) is 0 Å². The van der Waals surface area contributed by atoms with Crippen LogP contribution in [0.5, 0.6) is 5.75 Å². The predicted octanol–water partition coefficient (Wildman–Crippen LogP) is 3.36. The molecule has 0 aliphatic carbocycles. The number of aromatic nitrogens is 3. The van der Waals surface area contributed by atoms with Crippen molar-refractivity contribution >= 4 is 44.1 Å². The highest BCUT2D eigenvalue weighted by Gasteiger charge is 2.16. The van der Waals surface area contributed by atoms with Crippen LogP contribution in [0, 0.1) is 0 Å². The molecule has 0 spiro atoms. The summed E-state index contributed by atoms with van der Waals surface area (Å²) in [7, 11) is 0. The summed E-state index contributed by atoms with van der Waals surface area (Å²) in [5.41, 5.74) is 1.55. The average molecular weight is 334 g/mol. The molecule has 0 saturated carbocycles. The lowest BCUT2D eigenvalue weighted by Crippen LogP contribution is -2.12. The van der Waals surface area contributed by atoms with Crippen molar-refractivity contribution in [2.75, 3.05) is 11.9 Å². The fourth-order valence-corrected chi connectivity index (χ4v) is 3.52. The van der Waals surface area contributed by atoms with Crippen molar-refractivity contribution in [3.8, 4) is 5.75 Å². The summed E-state index contributed by atoms with van der Waals surface area (Å²) in [5, 5.41) is 7.32. The van der Waals surface area contributed by atoms with E-state index in [4.69, 9.17) is 4.74 Å². The van der Waals surface area contributed by atoms with E-state index in [1.54, 1.807) is 0 Å². The molecule has 22 heavy (non-hydrogen) atoms. The Morgan fingerprint density at radius 1 is 1.36 bits per heavy atom. The maximum Gasteiger partial charge on any atom is 0.271 e. The first kappa shape index (κ1) is 14.9. The molecule has 0 radical (unpaired) electrons. The SMILES string of the molecule is CCOc1ccc2nc(NC(=O)c3snnc3CC)sc2c1. The maximum absolute atomic E-state index is 12.3. The second kappa shape index (κ2) is 6.37. The molecule has 0 aliphatic rings. The molecule has 8 heteroatoms.